The quantitative estimate of drug-likeness (QED) is 0.288. The number of benzene rings is 1. The first kappa shape index (κ1) is 27.4. The number of aromatic nitrogens is 2. The van der Waals surface area contributed by atoms with Crippen molar-refractivity contribution in [2.24, 2.45) is 0 Å². The smallest absolute Gasteiger partial charge is 0.330 e. The van der Waals surface area contributed by atoms with Crippen LogP contribution in [0.4, 0.5) is 38.0 Å². The Bertz CT molecular complexity index is 1420. The Labute approximate surface area is 216 Å². The highest BCUT2D eigenvalue weighted by atomic mass is 35.5. The topological polar surface area (TPSA) is 75.2 Å². The van der Waals surface area contributed by atoms with Gasteiger partial charge in [0.25, 0.3) is 0 Å². The summed E-state index contributed by atoms with van der Waals surface area (Å²) >= 11 is 7.26. The molecule has 0 atom stereocenters. The standard InChI is InChI=1S/C22H18ClF6N4O2PS/c1-36(2,35)13-7-17(37-10-13)18-14(21(24,25)26)8-30-20(32-18)31-16-6-11-3-4-33(19(34)22(27,28)29)9-12(11)5-15(16)23/h5-8,10H,3-4,9H2,1-2H3,(H,30,31,32). The van der Waals surface area contributed by atoms with Crippen molar-refractivity contribution in [3.8, 4) is 10.6 Å². The molecule has 6 nitrogen and oxygen atoms in total. The third kappa shape index (κ3) is 5.94. The fourth-order valence-corrected chi connectivity index (χ4v) is 6.43. The van der Waals surface area contributed by atoms with Gasteiger partial charge in [0.15, 0.2) is 0 Å². The van der Waals surface area contributed by atoms with Gasteiger partial charge in [0.1, 0.15) is 12.7 Å². The molecular formula is C22H18ClF6N4O2PS. The van der Waals surface area contributed by atoms with Crippen molar-refractivity contribution < 1.29 is 35.7 Å². The maximum Gasteiger partial charge on any atom is 0.471 e. The second kappa shape index (κ2) is 9.59. The van der Waals surface area contributed by atoms with Gasteiger partial charge in [0, 0.05) is 30.0 Å². The summed E-state index contributed by atoms with van der Waals surface area (Å²) in [5.41, 5.74) is -0.192. The van der Waals surface area contributed by atoms with Gasteiger partial charge >= 0.3 is 18.3 Å². The van der Waals surface area contributed by atoms with Crippen LogP contribution in [-0.4, -0.2) is 46.8 Å². The Morgan fingerprint density at radius 1 is 1.14 bits per heavy atom. The molecule has 4 rings (SSSR count). The lowest BCUT2D eigenvalue weighted by atomic mass is 9.99. The van der Waals surface area contributed by atoms with Gasteiger partial charge < -0.3 is 14.8 Å². The van der Waals surface area contributed by atoms with Gasteiger partial charge in [-0.25, -0.2) is 9.97 Å². The van der Waals surface area contributed by atoms with Crippen LogP contribution in [0, 0.1) is 0 Å². The molecule has 1 aliphatic rings. The second-order valence-electron chi connectivity index (χ2n) is 8.67. The molecule has 1 aromatic carbocycles. The Morgan fingerprint density at radius 3 is 2.43 bits per heavy atom. The molecule has 1 aliphatic heterocycles. The van der Waals surface area contributed by atoms with Crippen LogP contribution >= 0.6 is 30.1 Å². The van der Waals surface area contributed by atoms with Crippen LogP contribution in [0.25, 0.3) is 10.6 Å². The molecule has 37 heavy (non-hydrogen) atoms. The van der Waals surface area contributed by atoms with Crippen LogP contribution < -0.4 is 10.6 Å². The van der Waals surface area contributed by atoms with Crippen LogP contribution in [0.3, 0.4) is 0 Å². The minimum atomic E-state index is -4.99. The first-order valence-corrected chi connectivity index (χ1v) is 14.4. The summed E-state index contributed by atoms with van der Waals surface area (Å²) in [6.07, 6.45) is -8.99. The number of carbonyl (C=O) groups is 1. The van der Waals surface area contributed by atoms with Gasteiger partial charge in [-0.15, -0.1) is 11.3 Å². The molecule has 0 saturated heterocycles. The molecule has 0 unspecified atom stereocenters. The molecule has 0 fully saturated rings. The monoisotopic (exact) mass is 582 g/mol. The molecule has 15 heteroatoms. The molecule has 0 radical (unpaired) electrons. The Kier molecular flexibility index (Phi) is 7.11. The van der Waals surface area contributed by atoms with Crippen molar-refractivity contribution in [3.63, 3.8) is 0 Å². The molecule has 1 amide bonds. The summed E-state index contributed by atoms with van der Waals surface area (Å²) in [5, 5.41) is 4.78. The largest absolute Gasteiger partial charge is 0.471 e. The highest BCUT2D eigenvalue weighted by Crippen LogP contribution is 2.42. The van der Waals surface area contributed by atoms with E-state index >= 15 is 0 Å². The van der Waals surface area contributed by atoms with Crippen molar-refractivity contribution in [2.45, 2.75) is 25.3 Å². The highest BCUT2D eigenvalue weighted by Gasteiger charge is 2.43. The number of nitrogens with one attached hydrogen (secondary N) is 1. The Hall–Kier alpha value is -2.63. The van der Waals surface area contributed by atoms with Gasteiger partial charge in [-0.3, -0.25) is 4.79 Å². The van der Waals surface area contributed by atoms with E-state index < -0.39 is 36.7 Å². The zero-order valence-electron chi connectivity index (χ0n) is 19.2. The maximum atomic E-state index is 13.7. The molecular weight excluding hydrogens is 565 g/mol. The van der Waals surface area contributed by atoms with Gasteiger partial charge in [0.05, 0.1) is 21.3 Å². The molecule has 198 valence electrons. The van der Waals surface area contributed by atoms with Crippen molar-refractivity contribution >= 4 is 52.9 Å². The maximum absolute atomic E-state index is 13.7. The van der Waals surface area contributed by atoms with Crippen LogP contribution in [0.1, 0.15) is 16.7 Å². The summed E-state index contributed by atoms with van der Waals surface area (Å²) in [6.45, 7) is 2.57. The normalized spacial score (nSPS) is 14.5. The number of amides is 1. The third-order valence-electron chi connectivity index (χ3n) is 5.61. The predicted octanol–water partition coefficient (Wildman–Crippen LogP) is 6.32. The summed E-state index contributed by atoms with van der Waals surface area (Å²) in [5.74, 6) is -2.14. The summed E-state index contributed by atoms with van der Waals surface area (Å²) in [7, 11) is -2.71. The first-order valence-electron chi connectivity index (χ1n) is 10.6. The zero-order valence-corrected chi connectivity index (χ0v) is 21.6. The van der Waals surface area contributed by atoms with Crippen LogP contribution in [0.5, 0.6) is 0 Å². The molecule has 3 aromatic rings. The van der Waals surface area contributed by atoms with Crippen LogP contribution in [-0.2, 0) is 28.5 Å². The predicted molar refractivity (Wildman–Crippen MR) is 129 cm³/mol. The van der Waals surface area contributed by atoms with E-state index in [1.54, 1.807) is 6.07 Å². The second-order valence-corrected chi connectivity index (χ2v) is 13.2. The lowest BCUT2D eigenvalue weighted by Gasteiger charge is -2.30. The molecule has 3 heterocycles. The van der Waals surface area contributed by atoms with Gasteiger partial charge in [-0.1, -0.05) is 11.6 Å². The van der Waals surface area contributed by atoms with E-state index in [2.05, 4.69) is 15.3 Å². The SMILES string of the molecule is CP(C)(=O)c1csc(-c2nc(Nc3cc4c(cc3Cl)CN(C(=O)C(F)(F)F)CC4)ncc2C(F)(F)F)c1. The van der Waals surface area contributed by atoms with Crippen molar-refractivity contribution in [2.75, 3.05) is 25.2 Å². The van der Waals surface area contributed by atoms with Gasteiger partial charge in [0.2, 0.25) is 5.95 Å². The number of thiophene rings is 1. The van der Waals surface area contributed by atoms with E-state index in [-0.39, 0.29) is 41.0 Å². The van der Waals surface area contributed by atoms with Gasteiger partial charge in [-0.05, 0) is 49.1 Å². The number of anilines is 2. The van der Waals surface area contributed by atoms with Crippen LogP contribution in [0.15, 0.2) is 29.8 Å². The first-order chi connectivity index (χ1) is 17.0. The van der Waals surface area contributed by atoms with E-state index in [1.165, 1.54) is 30.8 Å². The van der Waals surface area contributed by atoms with E-state index in [4.69, 9.17) is 11.6 Å². The third-order valence-corrected chi connectivity index (χ3v) is 8.54. The number of hydrogen-bond acceptors (Lipinski definition) is 6. The number of alkyl halides is 6. The molecule has 0 aliphatic carbocycles. The minimum Gasteiger partial charge on any atom is -0.330 e. The molecule has 2 aromatic heterocycles. The zero-order chi connectivity index (χ0) is 27.3. The van der Waals surface area contributed by atoms with Gasteiger partial charge in [-0.2, -0.15) is 26.3 Å². The molecule has 0 bridgehead atoms. The Balaban J connectivity index is 1.66. The minimum absolute atomic E-state index is 0.0569. The summed E-state index contributed by atoms with van der Waals surface area (Å²) in [4.78, 5) is 20.2. The fraction of sp³-hybridized carbons (Fsp3) is 0.318. The van der Waals surface area contributed by atoms with E-state index in [1.807, 2.05) is 0 Å². The number of fused-ring (bicyclic) bond motifs is 1. The van der Waals surface area contributed by atoms with Crippen molar-refractivity contribution in [1.29, 1.82) is 0 Å². The Morgan fingerprint density at radius 2 is 1.84 bits per heavy atom. The average molecular weight is 583 g/mol. The number of nitrogens with zero attached hydrogens (tertiary/aromatic N) is 3. The van der Waals surface area contributed by atoms with E-state index in [0.717, 1.165) is 11.3 Å². The van der Waals surface area contributed by atoms with Crippen molar-refractivity contribution in [1.82, 2.24) is 14.9 Å². The summed E-state index contributed by atoms with van der Waals surface area (Å²) < 4.78 is 91.8. The molecule has 0 saturated carbocycles. The molecule has 0 spiro atoms. The highest BCUT2D eigenvalue weighted by molar-refractivity contribution is 7.70. The number of rotatable bonds is 4. The van der Waals surface area contributed by atoms with E-state index in [0.29, 0.717) is 27.5 Å². The number of halogens is 7. The molecule has 1 N–H and O–H groups in total. The summed E-state index contributed by atoms with van der Waals surface area (Å²) in [6, 6.07) is 4.35. The van der Waals surface area contributed by atoms with E-state index in [9.17, 15) is 35.7 Å². The van der Waals surface area contributed by atoms with Crippen LogP contribution in [0.2, 0.25) is 5.02 Å². The number of carbonyl (C=O) groups excluding carboxylic acids is 1. The lowest BCUT2D eigenvalue weighted by Crippen LogP contribution is -2.43. The fourth-order valence-electron chi connectivity index (χ4n) is 3.72. The van der Waals surface area contributed by atoms with Crippen molar-refractivity contribution in [3.05, 3.63) is 51.5 Å². The number of hydrogen-bond donors (Lipinski definition) is 1. The lowest BCUT2D eigenvalue weighted by molar-refractivity contribution is -0.186. The average Bonchev–Trinajstić information content (AvgIpc) is 3.28.